The van der Waals surface area contributed by atoms with E-state index in [0.29, 0.717) is 5.92 Å². The molecule has 2 nitrogen and oxygen atoms in total. The highest BCUT2D eigenvalue weighted by atomic mass is 16.5. The first-order chi connectivity index (χ1) is 9.92. The Labute approximate surface area is 127 Å². The quantitative estimate of drug-likeness (QED) is 0.891. The minimum atomic E-state index is -0.409. The van der Waals surface area contributed by atoms with Gasteiger partial charge < -0.3 is 10.5 Å². The first-order valence-electron chi connectivity index (χ1n) is 7.44. The van der Waals surface area contributed by atoms with Crippen molar-refractivity contribution in [2.24, 2.45) is 5.73 Å². The maximum Gasteiger partial charge on any atom is 0.119 e. The molecular weight excluding hydrogens is 258 g/mol. The summed E-state index contributed by atoms with van der Waals surface area (Å²) in [6.45, 7) is 6.48. The summed E-state index contributed by atoms with van der Waals surface area (Å²) < 4.78 is 5.29. The predicted octanol–water partition coefficient (Wildman–Crippen LogP) is 4.24. The Hall–Kier alpha value is -1.80. The normalized spacial score (nSPS) is 14.0. The number of methoxy groups -OCH3 is 1. The van der Waals surface area contributed by atoms with Gasteiger partial charge in [-0.1, -0.05) is 50.2 Å². The molecule has 2 rings (SSSR count). The van der Waals surface area contributed by atoms with Gasteiger partial charge in [-0.2, -0.15) is 0 Å². The molecule has 2 heteroatoms. The van der Waals surface area contributed by atoms with E-state index in [9.17, 15) is 0 Å². The van der Waals surface area contributed by atoms with E-state index in [2.05, 4.69) is 51.1 Å². The summed E-state index contributed by atoms with van der Waals surface area (Å²) in [4.78, 5) is 0. The van der Waals surface area contributed by atoms with Gasteiger partial charge in [-0.3, -0.25) is 0 Å². The Morgan fingerprint density at radius 2 is 1.76 bits per heavy atom. The van der Waals surface area contributed by atoms with E-state index >= 15 is 0 Å². The minimum absolute atomic E-state index is 0.409. The molecule has 0 saturated carbocycles. The molecule has 1 unspecified atom stereocenters. The summed E-state index contributed by atoms with van der Waals surface area (Å²) in [5.74, 6) is 1.40. The number of hydrogen-bond donors (Lipinski definition) is 1. The average Bonchev–Trinajstić information content (AvgIpc) is 2.47. The van der Waals surface area contributed by atoms with E-state index in [0.717, 1.165) is 17.7 Å². The van der Waals surface area contributed by atoms with E-state index in [4.69, 9.17) is 10.5 Å². The van der Waals surface area contributed by atoms with Crippen LogP contribution in [0.5, 0.6) is 5.75 Å². The van der Waals surface area contributed by atoms with Crippen LogP contribution in [-0.4, -0.2) is 7.11 Å². The summed E-state index contributed by atoms with van der Waals surface area (Å²) in [7, 11) is 1.68. The first-order valence-corrected chi connectivity index (χ1v) is 7.44. The second-order valence-corrected chi connectivity index (χ2v) is 6.22. The van der Waals surface area contributed by atoms with Crippen molar-refractivity contribution in [2.75, 3.05) is 7.11 Å². The van der Waals surface area contributed by atoms with Crippen LogP contribution in [-0.2, 0) is 12.0 Å². The van der Waals surface area contributed by atoms with Gasteiger partial charge in [-0.15, -0.1) is 0 Å². The molecule has 0 heterocycles. The number of ether oxygens (including phenoxy) is 1. The van der Waals surface area contributed by atoms with Gasteiger partial charge in [0.15, 0.2) is 0 Å². The van der Waals surface area contributed by atoms with E-state index in [1.807, 2.05) is 18.2 Å². The molecule has 0 aliphatic carbocycles. The summed E-state index contributed by atoms with van der Waals surface area (Å²) in [5.41, 5.74) is 9.84. The molecule has 0 spiro atoms. The zero-order valence-electron chi connectivity index (χ0n) is 13.4. The van der Waals surface area contributed by atoms with Crippen LogP contribution in [0.25, 0.3) is 0 Å². The zero-order chi connectivity index (χ0) is 15.5. The lowest BCUT2D eigenvalue weighted by atomic mass is 9.86. The van der Waals surface area contributed by atoms with Gasteiger partial charge in [0, 0.05) is 5.54 Å². The van der Waals surface area contributed by atoms with Crippen LogP contribution in [0, 0.1) is 0 Å². The van der Waals surface area contributed by atoms with Crippen molar-refractivity contribution >= 4 is 0 Å². The van der Waals surface area contributed by atoms with Crippen molar-refractivity contribution < 1.29 is 4.74 Å². The fraction of sp³-hybridized carbons (Fsp3) is 0.368. The molecule has 1 atom stereocenters. The molecule has 21 heavy (non-hydrogen) atoms. The van der Waals surface area contributed by atoms with Gasteiger partial charge in [0.25, 0.3) is 0 Å². The van der Waals surface area contributed by atoms with Gasteiger partial charge in [0.2, 0.25) is 0 Å². The van der Waals surface area contributed by atoms with Gasteiger partial charge in [0.1, 0.15) is 5.75 Å². The van der Waals surface area contributed by atoms with Crippen LogP contribution >= 0.6 is 0 Å². The van der Waals surface area contributed by atoms with Gasteiger partial charge >= 0.3 is 0 Å². The molecule has 0 amide bonds. The first kappa shape index (κ1) is 15.6. The summed E-state index contributed by atoms with van der Waals surface area (Å²) in [6.07, 6.45) is 0.804. The highest BCUT2D eigenvalue weighted by Crippen LogP contribution is 2.26. The van der Waals surface area contributed by atoms with Crippen LogP contribution < -0.4 is 10.5 Å². The summed E-state index contributed by atoms with van der Waals surface area (Å²) >= 11 is 0. The third-order valence-corrected chi connectivity index (χ3v) is 3.95. The molecule has 0 aliphatic heterocycles. The summed E-state index contributed by atoms with van der Waals surface area (Å²) in [6, 6.07) is 16.8. The Morgan fingerprint density at radius 3 is 2.33 bits per heavy atom. The second kappa shape index (κ2) is 6.31. The van der Waals surface area contributed by atoms with Crippen molar-refractivity contribution in [1.29, 1.82) is 0 Å². The summed E-state index contributed by atoms with van der Waals surface area (Å²) in [5, 5.41) is 0. The Kier molecular flexibility index (Phi) is 4.69. The number of nitrogens with two attached hydrogens (primary N) is 1. The Balaban J connectivity index is 2.19. The van der Waals surface area contributed by atoms with E-state index in [1.165, 1.54) is 11.1 Å². The van der Waals surface area contributed by atoms with Crippen LogP contribution in [0.4, 0.5) is 0 Å². The van der Waals surface area contributed by atoms with Crippen molar-refractivity contribution in [1.82, 2.24) is 0 Å². The van der Waals surface area contributed by atoms with Gasteiger partial charge in [-0.05, 0) is 48.1 Å². The standard InChI is InChI=1S/C19H25NO/c1-14(2)16-10-8-15(9-11-16)13-19(3,20)17-6-5-7-18(12-17)21-4/h5-12,14H,13,20H2,1-4H3. The highest BCUT2D eigenvalue weighted by molar-refractivity contribution is 5.35. The maximum atomic E-state index is 6.54. The molecule has 2 aromatic carbocycles. The number of benzene rings is 2. The van der Waals surface area contributed by atoms with E-state index < -0.39 is 5.54 Å². The zero-order valence-corrected chi connectivity index (χ0v) is 13.4. The van der Waals surface area contributed by atoms with E-state index in [1.54, 1.807) is 7.11 Å². The van der Waals surface area contributed by atoms with Gasteiger partial charge in [0.05, 0.1) is 7.11 Å². The fourth-order valence-corrected chi connectivity index (χ4v) is 2.52. The van der Waals surface area contributed by atoms with Crippen LogP contribution in [0.1, 0.15) is 43.4 Å². The Morgan fingerprint density at radius 1 is 1.10 bits per heavy atom. The van der Waals surface area contributed by atoms with Crippen LogP contribution in [0.3, 0.4) is 0 Å². The lowest BCUT2D eigenvalue weighted by Gasteiger charge is -2.26. The monoisotopic (exact) mass is 283 g/mol. The van der Waals surface area contributed by atoms with Crippen molar-refractivity contribution in [3.8, 4) is 5.75 Å². The molecule has 2 N–H and O–H groups in total. The second-order valence-electron chi connectivity index (χ2n) is 6.22. The lowest BCUT2D eigenvalue weighted by Crippen LogP contribution is -2.35. The van der Waals surface area contributed by atoms with Crippen LogP contribution in [0.15, 0.2) is 48.5 Å². The molecule has 0 saturated heterocycles. The molecule has 0 aliphatic rings. The lowest BCUT2D eigenvalue weighted by molar-refractivity contribution is 0.410. The molecule has 112 valence electrons. The molecule has 0 bridgehead atoms. The SMILES string of the molecule is COc1cccc(C(C)(N)Cc2ccc(C(C)C)cc2)c1. The molecule has 2 aromatic rings. The van der Waals surface area contributed by atoms with Crippen molar-refractivity contribution in [3.05, 3.63) is 65.2 Å². The predicted molar refractivity (Wildman–Crippen MR) is 88.8 cm³/mol. The molecule has 0 radical (unpaired) electrons. The minimum Gasteiger partial charge on any atom is -0.497 e. The number of hydrogen-bond acceptors (Lipinski definition) is 2. The number of rotatable bonds is 5. The average molecular weight is 283 g/mol. The third-order valence-electron chi connectivity index (χ3n) is 3.95. The molecular formula is C19H25NO. The van der Waals surface area contributed by atoms with Crippen molar-refractivity contribution in [3.63, 3.8) is 0 Å². The molecule has 0 aromatic heterocycles. The third kappa shape index (κ3) is 3.85. The smallest absolute Gasteiger partial charge is 0.119 e. The highest BCUT2D eigenvalue weighted by Gasteiger charge is 2.22. The topological polar surface area (TPSA) is 35.2 Å². The van der Waals surface area contributed by atoms with Crippen molar-refractivity contribution in [2.45, 2.75) is 38.6 Å². The van der Waals surface area contributed by atoms with Gasteiger partial charge in [-0.25, -0.2) is 0 Å². The Bertz CT molecular complexity index is 585. The maximum absolute atomic E-state index is 6.54. The largest absolute Gasteiger partial charge is 0.497 e. The fourth-order valence-electron chi connectivity index (χ4n) is 2.52. The molecule has 0 fully saturated rings. The van der Waals surface area contributed by atoms with E-state index in [-0.39, 0.29) is 0 Å². The van der Waals surface area contributed by atoms with Crippen LogP contribution in [0.2, 0.25) is 0 Å².